The maximum atomic E-state index is 4.77. The molecule has 96 valence electrons. The average Bonchev–Trinajstić information content (AvgIpc) is 3.00. The van der Waals surface area contributed by atoms with E-state index in [2.05, 4.69) is 40.3 Å². The Hall–Kier alpha value is -1.23. The van der Waals surface area contributed by atoms with Crippen LogP contribution in [0, 0.1) is 0 Å². The fourth-order valence-corrected chi connectivity index (χ4v) is 4.06. The fourth-order valence-electron chi connectivity index (χ4n) is 2.19. The topological polar surface area (TPSA) is 24.9 Å². The van der Waals surface area contributed by atoms with Crippen LogP contribution in [0.4, 0.5) is 0 Å². The van der Waals surface area contributed by atoms with E-state index in [-0.39, 0.29) is 0 Å². The van der Waals surface area contributed by atoms with Gasteiger partial charge in [-0.3, -0.25) is 0 Å². The number of nitrogens with zero attached hydrogens (tertiary/aromatic N) is 1. The first-order chi connectivity index (χ1) is 9.40. The van der Waals surface area contributed by atoms with Gasteiger partial charge in [-0.15, -0.1) is 22.7 Å². The van der Waals surface area contributed by atoms with Crippen LogP contribution in [0.15, 0.2) is 35.0 Å². The number of fused-ring (bicyclic) bond motifs is 1. The molecule has 4 heteroatoms. The maximum absolute atomic E-state index is 4.77. The third-order valence-corrected chi connectivity index (χ3v) is 5.30. The molecule has 0 saturated heterocycles. The first-order valence-corrected chi connectivity index (χ1v) is 8.30. The third-order valence-electron chi connectivity index (χ3n) is 3.41. The first-order valence-electron chi connectivity index (χ1n) is 6.54. The number of hydrogen-bond acceptors (Lipinski definition) is 4. The van der Waals surface area contributed by atoms with Crippen LogP contribution in [0.5, 0.6) is 0 Å². The minimum Gasteiger partial charge on any atom is -0.308 e. The Kier molecular flexibility index (Phi) is 2.87. The van der Waals surface area contributed by atoms with Gasteiger partial charge in [-0.2, -0.15) is 0 Å². The Morgan fingerprint density at radius 3 is 2.95 bits per heavy atom. The van der Waals surface area contributed by atoms with Crippen molar-refractivity contribution in [1.82, 2.24) is 10.3 Å². The Morgan fingerprint density at radius 2 is 2.05 bits per heavy atom. The molecule has 0 amide bonds. The molecule has 0 radical (unpaired) electrons. The van der Waals surface area contributed by atoms with Gasteiger partial charge in [0.2, 0.25) is 0 Å². The normalized spacial score (nSPS) is 15.2. The van der Waals surface area contributed by atoms with Gasteiger partial charge in [-0.1, -0.05) is 18.2 Å². The molecule has 0 atom stereocenters. The molecule has 1 fully saturated rings. The van der Waals surface area contributed by atoms with Crippen molar-refractivity contribution < 1.29 is 0 Å². The minimum absolute atomic E-state index is 0.743. The van der Waals surface area contributed by atoms with E-state index in [0.29, 0.717) is 0 Å². The lowest BCUT2D eigenvalue weighted by Gasteiger charge is -1.97. The van der Waals surface area contributed by atoms with Crippen molar-refractivity contribution in [2.75, 3.05) is 0 Å². The van der Waals surface area contributed by atoms with Crippen LogP contribution in [-0.4, -0.2) is 11.0 Å². The SMILES string of the molecule is c1ccc2c(-c3nc(CNC4CC4)cs3)csc2c1. The van der Waals surface area contributed by atoms with Crippen molar-refractivity contribution in [2.45, 2.75) is 25.4 Å². The van der Waals surface area contributed by atoms with Gasteiger partial charge in [0.05, 0.1) is 5.69 Å². The zero-order valence-electron chi connectivity index (χ0n) is 10.4. The third kappa shape index (κ3) is 2.31. The Balaban J connectivity index is 1.64. The number of thiazole rings is 1. The Morgan fingerprint density at radius 1 is 1.16 bits per heavy atom. The molecule has 1 N–H and O–H groups in total. The van der Waals surface area contributed by atoms with Gasteiger partial charge in [0.1, 0.15) is 5.01 Å². The monoisotopic (exact) mass is 286 g/mol. The van der Waals surface area contributed by atoms with Crippen LogP contribution in [0.3, 0.4) is 0 Å². The molecular weight excluding hydrogens is 272 g/mol. The number of nitrogens with one attached hydrogen (secondary N) is 1. The van der Waals surface area contributed by atoms with Gasteiger partial charge in [0.25, 0.3) is 0 Å². The average molecular weight is 286 g/mol. The van der Waals surface area contributed by atoms with Gasteiger partial charge in [0.15, 0.2) is 0 Å². The lowest BCUT2D eigenvalue weighted by atomic mass is 10.2. The lowest BCUT2D eigenvalue weighted by Crippen LogP contribution is -2.15. The van der Waals surface area contributed by atoms with Crippen LogP contribution in [-0.2, 0) is 6.54 Å². The quantitative estimate of drug-likeness (QED) is 0.774. The van der Waals surface area contributed by atoms with Crippen LogP contribution < -0.4 is 5.32 Å². The number of benzene rings is 1. The van der Waals surface area contributed by atoms with Gasteiger partial charge >= 0.3 is 0 Å². The number of hydrogen-bond donors (Lipinski definition) is 1. The molecule has 1 saturated carbocycles. The summed E-state index contributed by atoms with van der Waals surface area (Å²) >= 11 is 3.55. The molecule has 0 spiro atoms. The number of aromatic nitrogens is 1. The highest BCUT2D eigenvalue weighted by molar-refractivity contribution is 7.18. The summed E-state index contributed by atoms with van der Waals surface area (Å²) in [7, 11) is 0. The molecule has 4 rings (SSSR count). The van der Waals surface area contributed by atoms with Crippen molar-refractivity contribution in [1.29, 1.82) is 0 Å². The van der Waals surface area contributed by atoms with Gasteiger partial charge in [0, 0.05) is 39.0 Å². The van der Waals surface area contributed by atoms with E-state index in [0.717, 1.165) is 17.6 Å². The number of thiophene rings is 1. The molecule has 3 aromatic rings. The summed E-state index contributed by atoms with van der Waals surface area (Å²) in [5.41, 5.74) is 2.45. The molecule has 2 heterocycles. The van der Waals surface area contributed by atoms with Gasteiger partial charge < -0.3 is 5.32 Å². The van der Waals surface area contributed by atoms with Gasteiger partial charge in [-0.25, -0.2) is 4.98 Å². The zero-order valence-corrected chi connectivity index (χ0v) is 12.1. The van der Waals surface area contributed by atoms with Crippen LogP contribution in [0.2, 0.25) is 0 Å². The predicted octanol–water partition coefficient (Wildman–Crippen LogP) is 4.28. The highest BCUT2D eigenvalue weighted by Crippen LogP contribution is 2.35. The molecule has 2 nitrogen and oxygen atoms in total. The van der Waals surface area contributed by atoms with Crippen molar-refractivity contribution in [3.8, 4) is 10.6 Å². The smallest absolute Gasteiger partial charge is 0.125 e. The Bertz CT molecular complexity index is 710. The molecule has 0 bridgehead atoms. The van der Waals surface area contributed by atoms with E-state index in [1.54, 1.807) is 22.7 Å². The lowest BCUT2D eigenvalue weighted by molar-refractivity contribution is 0.678. The molecule has 0 unspecified atom stereocenters. The van der Waals surface area contributed by atoms with E-state index in [9.17, 15) is 0 Å². The summed E-state index contributed by atoms with van der Waals surface area (Å²) in [6.45, 7) is 0.906. The maximum Gasteiger partial charge on any atom is 0.125 e. The standard InChI is InChI=1S/C15H14N2S2/c1-2-4-14-12(3-1)13(9-18-14)15-17-11(8-19-15)7-16-10-5-6-10/h1-4,8-10,16H,5-7H2. The minimum atomic E-state index is 0.743. The van der Waals surface area contributed by atoms with Crippen LogP contribution >= 0.6 is 22.7 Å². The van der Waals surface area contributed by atoms with Crippen molar-refractivity contribution in [3.05, 3.63) is 40.7 Å². The molecule has 1 aromatic carbocycles. The van der Waals surface area contributed by atoms with Crippen LogP contribution in [0.1, 0.15) is 18.5 Å². The van der Waals surface area contributed by atoms with Crippen molar-refractivity contribution in [2.24, 2.45) is 0 Å². The van der Waals surface area contributed by atoms with E-state index < -0.39 is 0 Å². The van der Waals surface area contributed by atoms with Crippen molar-refractivity contribution in [3.63, 3.8) is 0 Å². The highest BCUT2D eigenvalue weighted by Gasteiger charge is 2.20. The zero-order chi connectivity index (χ0) is 12.7. The van der Waals surface area contributed by atoms with E-state index in [1.807, 2.05) is 0 Å². The Labute approximate surface area is 120 Å². The molecule has 2 aromatic heterocycles. The fraction of sp³-hybridized carbons (Fsp3) is 0.267. The molecule has 1 aliphatic carbocycles. The van der Waals surface area contributed by atoms with Gasteiger partial charge in [-0.05, 0) is 18.9 Å². The summed E-state index contributed by atoms with van der Waals surface area (Å²) in [6.07, 6.45) is 2.65. The molecule has 19 heavy (non-hydrogen) atoms. The van der Waals surface area contributed by atoms with Crippen LogP contribution in [0.25, 0.3) is 20.7 Å². The summed E-state index contributed by atoms with van der Waals surface area (Å²) < 4.78 is 1.34. The highest BCUT2D eigenvalue weighted by atomic mass is 32.1. The molecule has 0 aliphatic heterocycles. The van der Waals surface area contributed by atoms with E-state index >= 15 is 0 Å². The second kappa shape index (κ2) is 4.71. The summed E-state index contributed by atoms with van der Waals surface area (Å²) in [6, 6.07) is 9.29. The predicted molar refractivity (Wildman–Crippen MR) is 82.8 cm³/mol. The summed E-state index contributed by atoms with van der Waals surface area (Å²) in [5.74, 6) is 0. The summed E-state index contributed by atoms with van der Waals surface area (Å²) in [4.78, 5) is 4.77. The second-order valence-corrected chi connectivity index (χ2v) is 6.71. The van der Waals surface area contributed by atoms with E-state index in [1.165, 1.54) is 34.2 Å². The number of rotatable bonds is 4. The van der Waals surface area contributed by atoms with Crippen molar-refractivity contribution >= 4 is 32.8 Å². The van der Waals surface area contributed by atoms with E-state index in [4.69, 9.17) is 4.98 Å². The largest absolute Gasteiger partial charge is 0.308 e. The first kappa shape index (κ1) is 11.6. The summed E-state index contributed by atoms with van der Waals surface area (Å²) in [5, 5.41) is 10.4. The second-order valence-electron chi connectivity index (χ2n) is 4.94. The molecule has 1 aliphatic rings. The molecular formula is C15H14N2S2.